The summed E-state index contributed by atoms with van der Waals surface area (Å²) in [5, 5.41) is 7.27. The predicted octanol–water partition coefficient (Wildman–Crippen LogP) is 2.72. The number of nitrogens with one attached hydrogen (secondary N) is 3. The van der Waals surface area contributed by atoms with Gasteiger partial charge in [-0.05, 0) is 42.8 Å². The average molecular weight is 418 g/mol. The van der Waals surface area contributed by atoms with Gasteiger partial charge in [0.05, 0.1) is 12.1 Å². The van der Waals surface area contributed by atoms with E-state index in [0.717, 1.165) is 29.6 Å². The number of carbonyl (C=O) groups excluding carboxylic acids is 2. The Labute approximate surface area is 180 Å². The van der Waals surface area contributed by atoms with E-state index in [2.05, 4.69) is 27.8 Å². The quantitative estimate of drug-likeness (QED) is 0.595. The molecule has 3 N–H and O–H groups in total. The van der Waals surface area contributed by atoms with Crippen molar-refractivity contribution in [3.63, 3.8) is 0 Å². The number of benzene rings is 2. The smallest absolute Gasteiger partial charge is 0.270 e. The number of hydrogen-bond acceptors (Lipinski definition) is 4. The van der Waals surface area contributed by atoms with E-state index in [4.69, 9.17) is 4.74 Å². The lowest BCUT2D eigenvalue weighted by molar-refractivity contribution is -0.118. The minimum absolute atomic E-state index is 0.0315. The number of nitrogens with zero attached hydrogens (tertiary/aromatic N) is 1. The molecule has 2 saturated heterocycles. The molecule has 7 nitrogen and oxygen atoms in total. The zero-order valence-corrected chi connectivity index (χ0v) is 17.4. The number of aromatic amines is 1. The number of H-pyrrole nitrogens is 1. The molecule has 2 fully saturated rings. The van der Waals surface area contributed by atoms with Gasteiger partial charge in [0.15, 0.2) is 0 Å². The Morgan fingerprint density at radius 2 is 1.90 bits per heavy atom. The highest BCUT2D eigenvalue weighted by atomic mass is 16.5. The number of anilines is 1. The highest BCUT2D eigenvalue weighted by molar-refractivity contribution is 6.01. The first-order valence-corrected chi connectivity index (χ1v) is 10.7. The standard InChI is InChI=1S/C24H26N4O3/c1-31-18-13-28(14-18)24(30)21-12-16-11-17(7-8-20(16)27-21)26-23(29)22-19(9-10-25-22)15-5-3-2-4-6-15/h2-8,11-12,18-19,22,25,27H,9-10,13-14H2,1H3,(H,26,29)/t19-,22?/m1/s1. The lowest BCUT2D eigenvalue weighted by Crippen LogP contribution is -2.54. The van der Waals surface area contributed by atoms with Crippen LogP contribution in [0.3, 0.4) is 0 Å². The van der Waals surface area contributed by atoms with Crippen molar-refractivity contribution in [1.82, 2.24) is 15.2 Å². The first-order valence-electron chi connectivity index (χ1n) is 10.7. The van der Waals surface area contributed by atoms with Crippen molar-refractivity contribution in [2.75, 3.05) is 32.1 Å². The van der Waals surface area contributed by atoms with E-state index < -0.39 is 0 Å². The summed E-state index contributed by atoms with van der Waals surface area (Å²) in [7, 11) is 1.66. The van der Waals surface area contributed by atoms with Crippen LogP contribution in [0.1, 0.15) is 28.4 Å². The largest absolute Gasteiger partial charge is 0.378 e. The van der Waals surface area contributed by atoms with Crippen molar-refractivity contribution in [2.24, 2.45) is 0 Å². The molecule has 5 rings (SSSR count). The minimum Gasteiger partial charge on any atom is -0.378 e. The molecule has 2 aromatic carbocycles. The van der Waals surface area contributed by atoms with Crippen LogP contribution >= 0.6 is 0 Å². The molecule has 7 heteroatoms. The zero-order valence-electron chi connectivity index (χ0n) is 17.4. The van der Waals surface area contributed by atoms with Gasteiger partial charge in [0.1, 0.15) is 5.69 Å². The Bertz CT molecular complexity index is 1100. The van der Waals surface area contributed by atoms with E-state index in [1.165, 1.54) is 5.56 Å². The summed E-state index contributed by atoms with van der Waals surface area (Å²) in [6, 6.07) is 17.4. The normalized spacial score (nSPS) is 21.3. The summed E-state index contributed by atoms with van der Waals surface area (Å²) in [6.07, 6.45) is 1.06. The molecule has 0 spiro atoms. The Balaban J connectivity index is 1.29. The van der Waals surface area contributed by atoms with Crippen LogP contribution in [-0.2, 0) is 9.53 Å². The molecule has 160 valence electrons. The van der Waals surface area contributed by atoms with Crippen LogP contribution < -0.4 is 10.6 Å². The van der Waals surface area contributed by atoms with Crippen molar-refractivity contribution in [2.45, 2.75) is 24.5 Å². The van der Waals surface area contributed by atoms with Gasteiger partial charge in [-0.25, -0.2) is 0 Å². The lowest BCUT2D eigenvalue weighted by atomic mass is 9.91. The van der Waals surface area contributed by atoms with E-state index in [1.807, 2.05) is 42.5 Å². The van der Waals surface area contributed by atoms with Crippen molar-refractivity contribution < 1.29 is 14.3 Å². The fourth-order valence-corrected chi connectivity index (χ4v) is 4.51. The summed E-state index contributed by atoms with van der Waals surface area (Å²) >= 11 is 0. The summed E-state index contributed by atoms with van der Waals surface area (Å²) in [4.78, 5) is 30.6. The molecule has 0 bridgehead atoms. The SMILES string of the molecule is COC1CN(C(=O)c2cc3cc(NC(=O)C4NCC[C@@H]4c4ccccc4)ccc3[nH]2)C1. The molecule has 1 aromatic heterocycles. The van der Waals surface area contributed by atoms with Crippen LogP contribution in [-0.4, -0.2) is 60.6 Å². The number of ether oxygens (including phenoxy) is 1. The molecular weight excluding hydrogens is 392 g/mol. The summed E-state index contributed by atoms with van der Waals surface area (Å²) < 4.78 is 5.24. The number of methoxy groups -OCH3 is 1. The van der Waals surface area contributed by atoms with Crippen LogP contribution in [0.15, 0.2) is 54.6 Å². The van der Waals surface area contributed by atoms with Crippen LogP contribution in [0.25, 0.3) is 10.9 Å². The Morgan fingerprint density at radius 1 is 1.10 bits per heavy atom. The number of amides is 2. The molecule has 3 aromatic rings. The lowest BCUT2D eigenvalue weighted by Gasteiger charge is -2.37. The molecule has 0 saturated carbocycles. The average Bonchev–Trinajstić information content (AvgIpc) is 3.40. The van der Waals surface area contributed by atoms with E-state index in [9.17, 15) is 9.59 Å². The third-order valence-electron chi connectivity index (χ3n) is 6.32. The highest BCUT2D eigenvalue weighted by Gasteiger charge is 2.34. The second-order valence-electron chi connectivity index (χ2n) is 8.28. The molecule has 2 atom stereocenters. The predicted molar refractivity (Wildman–Crippen MR) is 119 cm³/mol. The van der Waals surface area contributed by atoms with Crippen molar-refractivity contribution >= 4 is 28.4 Å². The second kappa shape index (κ2) is 8.17. The molecule has 0 aliphatic carbocycles. The van der Waals surface area contributed by atoms with Gasteiger partial charge in [-0.15, -0.1) is 0 Å². The summed E-state index contributed by atoms with van der Waals surface area (Å²) in [5.41, 5.74) is 3.32. The maximum Gasteiger partial charge on any atom is 0.270 e. The maximum absolute atomic E-state index is 13.0. The van der Waals surface area contributed by atoms with Gasteiger partial charge in [0, 0.05) is 42.7 Å². The third-order valence-corrected chi connectivity index (χ3v) is 6.32. The van der Waals surface area contributed by atoms with Crippen LogP contribution in [0.2, 0.25) is 0 Å². The topological polar surface area (TPSA) is 86.5 Å². The van der Waals surface area contributed by atoms with E-state index in [0.29, 0.717) is 18.8 Å². The molecular formula is C24H26N4O3. The highest BCUT2D eigenvalue weighted by Crippen LogP contribution is 2.29. The van der Waals surface area contributed by atoms with Crippen molar-refractivity contribution in [3.8, 4) is 0 Å². The summed E-state index contributed by atoms with van der Waals surface area (Å²) in [6.45, 7) is 2.05. The van der Waals surface area contributed by atoms with Gasteiger partial charge >= 0.3 is 0 Å². The molecule has 3 heterocycles. The minimum atomic E-state index is -0.262. The van der Waals surface area contributed by atoms with Gasteiger partial charge < -0.3 is 25.3 Å². The number of rotatable bonds is 5. The van der Waals surface area contributed by atoms with E-state index in [-0.39, 0.29) is 29.9 Å². The Morgan fingerprint density at radius 3 is 2.68 bits per heavy atom. The maximum atomic E-state index is 13.0. The third kappa shape index (κ3) is 3.82. The molecule has 1 unspecified atom stereocenters. The van der Waals surface area contributed by atoms with E-state index >= 15 is 0 Å². The zero-order chi connectivity index (χ0) is 21.4. The Kier molecular flexibility index (Phi) is 5.21. The molecule has 0 radical (unpaired) electrons. The second-order valence-corrected chi connectivity index (χ2v) is 8.28. The van der Waals surface area contributed by atoms with Crippen molar-refractivity contribution in [3.05, 3.63) is 65.9 Å². The monoisotopic (exact) mass is 418 g/mol. The van der Waals surface area contributed by atoms with Crippen LogP contribution in [0.5, 0.6) is 0 Å². The number of carbonyl (C=O) groups is 2. The van der Waals surface area contributed by atoms with Gasteiger partial charge in [0.25, 0.3) is 5.91 Å². The van der Waals surface area contributed by atoms with Gasteiger partial charge in [-0.3, -0.25) is 9.59 Å². The fourth-order valence-electron chi connectivity index (χ4n) is 4.51. The van der Waals surface area contributed by atoms with Crippen molar-refractivity contribution in [1.29, 1.82) is 0 Å². The number of likely N-dealkylation sites (tertiary alicyclic amines) is 1. The first kappa shape index (κ1) is 19.8. The van der Waals surface area contributed by atoms with Gasteiger partial charge in [-0.1, -0.05) is 30.3 Å². The molecule has 2 aliphatic rings. The van der Waals surface area contributed by atoms with Gasteiger partial charge in [0.2, 0.25) is 5.91 Å². The molecule has 2 aliphatic heterocycles. The van der Waals surface area contributed by atoms with E-state index in [1.54, 1.807) is 12.0 Å². The van der Waals surface area contributed by atoms with Crippen LogP contribution in [0.4, 0.5) is 5.69 Å². The number of aromatic nitrogens is 1. The summed E-state index contributed by atoms with van der Waals surface area (Å²) in [5.74, 6) is 0.0912. The fraction of sp³-hybridized carbons (Fsp3) is 0.333. The van der Waals surface area contributed by atoms with Gasteiger partial charge in [-0.2, -0.15) is 0 Å². The molecule has 31 heavy (non-hydrogen) atoms. The van der Waals surface area contributed by atoms with Crippen LogP contribution in [0, 0.1) is 0 Å². The number of fused-ring (bicyclic) bond motifs is 1. The first-order chi connectivity index (χ1) is 15.1. The molecule has 2 amide bonds. The Hall–Kier alpha value is -3.16. The number of hydrogen-bond donors (Lipinski definition) is 3.